The molecule has 0 unspecified atom stereocenters. The fourth-order valence-electron chi connectivity index (χ4n) is 1.62. The van der Waals surface area contributed by atoms with Crippen LogP contribution in [0.5, 0.6) is 0 Å². The molecule has 2 aromatic rings. The number of aryl methyl sites for hydroxylation is 1. The van der Waals surface area contributed by atoms with E-state index in [1.165, 1.54) is 11.1 Å². The molecule has 0 radical (unpaired) electrons. The lowest BCUT2D eigenvalue weighted by Gasteiger charge is -2.07. The number of pyridine rings is 1. The minimum atomic E-state index is 0.262. The van der Waals surface area contributed by atoms with E-state index in [4.69, 9.17) is 0 Å². The van der Waals surface area contributed by atoms with E-state index >= 15 is 0 Å². The van der Waals surface area contributed by atoms with Gasteiger partial charge in [0, 0.05) is 22.7 Å². The van der Waals surface area contributed by atoms with Crippen molar-refractivity contribution < 1.29 is 0 Å². The molecule has 0 aliphatic rings. The van der Waals surface area contributed by atoms with Crippen LogP contribution in [0.1, 0.15) is 23.4 Å². The van der Waals surface area contributed by atoms with Gasteiger partial charge in [0.15, 0.2) is 0 Å². The molecule has 0 saturated carbocycles. The summed E-state index contributed by atoms with van der Waals surface area (Å²) in [7, 11) is 0. The Bertz CT molecular complexity index is 474. The van der Waals surface area contributed by atoms with Gasteiger partial charge >= 0.3 is 0 Å². The molecule has 1 atom stereocenters. The van der Waals surface area contributed by atoms with E-state index < -0.39 is 0 Å². The van der Waals surface area contributed by atoms with Gasteiger partial charge in [-0.05, 0) is 37.1 Å². The molecular weight excluding hydrogens is 214 g/mol. The second kappa shape index (κ2) is 4.71. The highest BCUT2D eigenvalue weighted by atomic mass is 32.1. The van der Waals surface area contributed by atoms with Crippen molar-refractivity contribution in [1.82, 2.24) is 4.98 Å². The Hall–Kier alpha value is -1.28. The van der Waals surface area contributed by atoms with Crippen LogP contribution >= 0.6 is 12.6 Å². The van der Waals surface area contributed by atoms with E-state index in [-0.39, 0.29) is 5.25 Å². The van der Waals surface area contributed by atoms with Crippen LogP contribution in [0.2, 0.25) is 0 Å². The lowest BCUT2D eigenvalue weighted by Crippen LogP contribution is -1.87. The topological polar surface area (TPSA) is 12.9 Å². The maximum absolute atomic E-state index is 4.45. The van der Waals surface area contributed by atoms with Gasteiger partial charge in [0.2, 0.25) is 0 Å². The zero-order chi connectivity index (χ0) is 11.5. The van der Waals surface area contributed by atoms with Gasteiger partial charge in [-0.25, -0.2) is 0 Å². The van der Waals surface area contributed by atoms with Crippen molar-refractivity contribution in [2.45, 2.75) is 19.1 Å². The Morgan fingerprint density at radius 1 is 1.12 bits per heavy atom. The van der Waals surface area contributed by atoms with Crippen molar-refractivity contribution >= 4 is 12.6 Å². The van der Waals surface area contributed by atoms with Crippen LogP contribution in [0.25, 0.3) is 11.1 Å². The normalized spacial score (nSPS) is 12.4. The summed E-state index contributed by atoms with van der Waals surface area (Å²) in [6.07, 6.45) is 1.91. The molecule has 1 nitrogen and oxygen atoms in total. The van der Waals surface area contributed by atoms with Crippen molar-refractivity contribution in [1.29, 1.82) is 0 Å². The molecule has 1 heterocycles. The van der Waals surface area contributed by atoms with Crippen molar-refractivity contribution in [2.24, 2.45) is 0 Å². The van der Waals surface area contributed by atoms with Gasteiger partial charge in [-0.2, -0.15) is 12.6 Å². The molecule has 2 heteroatoms. The fraction of sp³-hybridized carbons (Fsp3) is 0.214. The first-order valence-corrected chi connectivity index (χ1v) is 5.89. The van der Waals surface area contributed by atoms with Crippen LogP contribution in [0.4, 0.5) is 0 Å². The third-order valence-corrected chi connectivity index (χ3v) is 2.91. The van der Waals surface area contributed by atoms with Crippen LogP contribution in [0.15, 0.2) is 42.6 Å². The minimum absolute atomic E-state index is 0.262. The van der Waals surface area contributed by atoms with Crippen LogP contribution < -0.4 is 0 Å². The second-order valence-corrected chi connectivity index (χ2v) is 4.76. The van der Waals surface area contributed by atoms with E-state index in [9.17, 15) is 0 Å². The Kier molecular flexibility index (Phi) is 3.30. The molecule has 2 rings (SSSR count). The van der Waals surface area contributed by atoms with Crippen molar-refractivity contribution in [3.8, 4) is 11.1 Å². The van der Waals surface area contributed by atoms with Crippen molar-refractivity contribution in [3.05, 3.63) is 53.9 Å². The maximum atomic E-state index is 4.45. The van der Waals surface area contributed by atoms with Crippen LogP contribution in [-0.4, -0.2) is 4.98 Å². The molecule has 16 heavy (non-hydrogen) atoms. The molecule has 1 aromatic heterocycles. The lowest BCUT2D eigenvalue weighted by molar-refractivity contribution is 1.11. The van der Waals surface area contributed by atoms with Gasteiger partial charge in [0.05, 0.1) is 0 Å². The summed E-state index contributed by atoms with van der Waals surface area (Å²) in [6.45, 7) is 4.08. The third-order valence-electron chi connectivity index (χ3n) is 2.61. The predicted octanol–water partition coefficient (Wildman–Crippen LogP) is 4.05. The van der Waals surface area contributed by atoms with E-state index in [1.54, 1.807) is 0 Å². The highest BCUT2D eigenvalue weighted by Crippen LogP contribution is 2.25. The van der Waals surface area contributed by atoms with E-state index in [0.717, 1.165) is 11.3 Å². The number of benzene rings is 1. The van der Waals surface area contributed by atoms with Gasteiger partial charge in [-0.1, -0.05) is 24.3 Å². The Morgan fingerprint density at radius 2 is 1.94 bits per heavy atom. The van der Waals surface area contributed by atoms with Gasteiger partial charge in [-0.15, -0.1) is 0 Å². The molecule has 0 aliphatic heterocycles. The van der Waals surface area contributed by atoms with Gasteiger partial charge in [0.25, 0.3) is 0 Å². The molecular formula is C14H15NS. The standard InChI is InChI=1S/C14H15NS/c1-10-6-7-14(9-15-10)13-5-3-4-12(8-13)11(2)16/h3-9,11,16H,1-2H3/t11-/m0/s1. The fourth-order valence-corrected chi connectivity index (χ4v) is 1.78. The molecule has 0 amide bonds. The summed E-state index contributed by atoms with van der Waals surface area (Å²) >= 11 is 4.45. The summed E-state index contributed by atoms with van der Waals surface area (Å²) in [5, 5.41) is 0.262. The summed E-state index contributed by atoms with van der Waals surface area (Å²) in [6, 6.07) is 12.6. The zero-order valence-electron chi connectivity index (χ0n) is 9.51. The van der Waals surface area contributed by atoms with Gasteiger partial charge in [0.1, 0.15) is 0 Å². The molecule has 0 spiro atoms. The maximum Gasteiger partial charge on any atom is 0.0373 e. The summed E-state index contributed by atoms with van der Waals surface area (Å²) < 4.78 is 0. The number of aromatic nitrogens is 1. The zero-order valence-corrected chi connectivity index (χ0v) is 10.4. The number of rotatable bonds is 2. The average Bonchev–Trinajstić information content (AvgIpc) is 2.30. The summed E-state index contributed by atoms with van der Waals surface area (Å²) in [4.78, 5) is 4.31. The van der Waals surface area contributed by atoms with Gasteiger partial charge < -0.3 is 0 Å². The molecule has 0 fully saturated rings. The molecule has 0 N–H and O–H groups in total. The number of hydrogen-bond donors (Lipinski definition) is 1. The highest BCUT2D eigenvalue weighted by molar-refractivity contribution is 7.80. The molecule has 82 valence electrons. The Balaban J connectivity index is 2.40. The van der Waals surface area contributed by atoms with Crippen LogP contribution in [-0.2, 0) is 0 Å². The minimum Gasteiger partial charge on any atom is -0.261 e. The second-order valence-electron chi connectivity index (χ2n) is 3.99. The molecule has 1 aromatic carbocycles. The SMILES string of the molecule is Cc1ccc(-c2cccc([C@H](C)S)c2)cn1. The summed E-state index contributed by atoms with van der Waals surface area (Å²) in [5.74, 6) is 0. The van der Waals surface area contributed by atoms with Crippen LogP contribution in [0, 0.1) is 6.92 Å². The van der Waals surface area contributed by atoms with Gasteiger partial charge in [-0.3, -0.25) is 4.98 Å². The molecule has 0 aliphatic carbocycles. The van der Waals surface area contributed by atoms with E-state index in [1.807, 2.05) is 19.2 Å². The monoisotopic (exact) mass is 229 g/mol. The number of nitrogens with zero attached hydrogens (tertiary/aromatic N) is 1. The quantitative estimate of drug-likeness (QED) is 0.767. The average molecular weight is 229 g/mol. The highest BCUT2D eigenvalue weighted by Gasteiger charge is 2.02. The summed E-state index contributed by atoms with van der Waals surface area (Å²) in [5.41, 5.74) is 4.64. The number of hydrogen-bond acceptors (Lipinski definition) is 2. The molecule has 0 bridgehead atoms. The van der Waals surface area contributed by atoms with Crippen LogP contribution in [0.3, 0.4) is 0 Å². The first-order chi connectivity index (χ1) is 7.66. The first kappa shape index (κ1) is 11.2. The molecule has 0 saturated heterocycles. The largest absolute Gasteiger partial charge is 0.261 e. The third kappa shape index (κ3) is 2.45. The smallest absolute Gasteiger partial charge is 0.0373 e. The number of thiol groups is 1. The Morgan fingerprint density at radius 3 is 2.56 bits per heavy atom. The first-order valence-electron chi connectivity index (χ1n) is 5.38. The predicted molar refractivity (Wildman–Crippen MR) is 71.8 cm³/mol. The van der Waals surface area contributed by atoms with E-state index in [0.29, 0.717) is 0 Å². The van der Waals surface area contributed by atoms with E-state index in [2.05, 4.69) is 54.9 Å². The lowest BCUT2D eigenvalue weighted by atomic mass is 10.0. The van der Waals surface area contributed by atoms with Crippen molar-refractivity contribution in [2.75, 3.05) is 0 Å². The van der Waals surface area contributed by atoms with Crippen molar-refractivity contribution in [3.63, 3.8) is 0 Å². The Labute approximate surface area is 102 Å².